The number of unbranched alkanes of at least 4 members (excludes halogenated alkanes) is 26. The molecule has 0 saturated heterocycles. The molecule has 232 valence electrons. The minimum atomic E-state index is -5.17. The van der Waals surface area contributed by atoms with E-state index in [4.69, 9.17) is 22.3 Å². The standard InChI is InChI=1S/C32H66O.2K.H2O4S/c1-3-5-7-9-11-13-15-17-19-21-23-25-27-29-31-33-32-30-28-26-24-22-20-18-16-14-12-10-8-6-4-2;;;1-5(2,3)4/h3-32H2,1-2H3;;;(H2,1,2,3,4)/q;2*+1;/p-2. The zero-order valence-corrected chi connectivity index (χ0v) is 34.7. The van der Waals surface area contributed by atoms with Crippen LogP contribution >= 0.6 is 0 Å². The Morgan fingerprint density at radius 1 is 0.375 bits per heavy atom. The van der Waals surface area contributed by atoms with Crippen LogP contribution in [0.2, 0.25) is 0 Å². The Hall–Kier alpha value is 3.10. The van der Waals surface area contributed by atoms with Crippen molar-refractivity contribution in [2.45, 2.75) is 194 Å². The molecule has 0 aromatic heterocycles. The molecule has 0 aliphatic carbocycles. The second kappa shape index (κ2) is 44.2. The van der Waals surface area contributed by atoms with Crippen molar-refractivity contribution >= 4 is 10.4 Å². The maximum absolute atomic E-state index is 8.52. The van der Waals surface area contributed by atoms with E-state index in [9.17, 15) is 0 Å². The van der Waals surface area contributed by atoms with E-state index >= 15 is 0 Å². The van der Waals surface area contributed by atoms with E-state index in [0.717, 1.165) is 13.2 Å². The van der Waals surface area contributed by atoms with Gasteiger partial charge in [0.25, 0.3) is 0 Å². The van der Waals surface area contributed by atoms with Gasteiger partial charge < -0.3 is 13.8 Å². The molecule has 0 aliphatic heterocycles. The Balaban J connectivity index is -0.000000843. The van der Waals surface area contributed by atoms with E-state index in [1.807, 2.05) is 0 Å². The first-order valence-electron chi connectivity index (χ1n) is 16.7. The van der Waals surface area contributed by atoms with Crippen LogP contribution in [-0.2, 0) is 15.1 Å². The molecule has 8 heteroatoms. The number of ether oxygens (including phenoxy) is 1. The summed E-state index contributed by atoms with van der Waals surface area (Å²) in [7, 11) is -5.17. The molecule has 40 heavy (non-hydrogen) atoms. The minimum Gasteiger partial charge on any atom is -0.759 e. The average Bonchev–Trinajstić information content (AvgIpc) is 2.87. The van der Waals surface area contributed by atoms with Crippen molar-refractivity contribution in [3.8, 4) is 0 Å². The second-order valence-corrected chi connectivity index (χ2v) is 12.0. The summed E-state index contributed by atoms with van der Waals surface area (Å²) < 4.78 is 39.9. The van der Waals surface area contributed by atoms with E-state index in [2.05, 4.69) is 13.8 Å². The van der Waals surface area contributed by atoms with Crippen molar-refractivity contribution < 1.29 is 125 Å². The van der Waals surface area contributed by atoms with Crippen molar-refractivity contribution in [2.75, 3.05) is 13.2 Å². The first kappa shape index (κ1) is 50.0. The summed E-state index contributed by atoms with van der Waals surface area (Å²) >= 11 is 0. The van der Waals surface area contributed by atoms with Gasteiger partial charge in [0.1, 0.15) is 0 Å². The summed E-state index contributed by atoms with van der Waals surface area (Å²) in [6.07, 6.45) is 40.1. The monoisotopic (exact) mass is 640 g/mol. The first-order chi connectivity index (χ1) is 18.4. The molecule has 0 heterocycles. The van der Waals surface area contributed by atoms with Crippen LogP contribution in [0.3, 0.4) is 0 Å². The van der Waals surface area contributed by atoms with E-state index in [1.165, 1.54) is 180 Å². The van der Waals surface area contributed by atoms with Crippen molar-refractivity contribution in [3.05, 3.63) is 0 Å². The van der Waals surface area contributed by atoms with Gasteiger partial charge in [-0.1, -0.05) is 181 Å². The predicted molar refractivity (Wildman–Crippen MR) is 162 cm³/mol. The third-order valence-electron chi connectivity index (χ3n) is 7.28. The van der Waals surface area contributed by atoms with Crippen molar-refractivity contribution in [3.63, 3.8) is 0 Å². The quantitative estimate of drug-likeness (QED) is 0.0494. The van der Waals surface area contributed by atoms with E-state index < -0.39 is 10.4 Å². The Labute approximate surface area is 337 Å². The van der Waals surface area contributed by atoms with E-state index in [1.54, 1.807) is 0 Å². The second-order valence-electron chi connectivity index (χ2n) is 11.2. The Bertz CT molecular complexity index is 483. The van der Waals surface area contributed by atoms with E-state index in [0.29, 0.717) is 0 Å². The summed E-state index contributed by atoms with van der Waals surface area (Å²) in [5, 5.41) is 0. The first-order valence-corrected chi connectivity index (χ1v) is 18.0. The maximum atomic E-state index is 8.52. The summed E-state index contributed by atoms with van der Waals surface area (Å²) in [6, 6.07) is 0. The van der Waals surface area contributed by atoms with Gasteiger partial charge in [-0.3, -0.25) is 8.42 Å². The molecule has 0 atom stereocenters. The van der Waals surface area contributed by atoms with Crippen LogP contribution in [0.1, 0.15) is 194 Å². The van der Waals surface area contributed by atoms with Gasteiger partial charge in [0.15, 0.2) is 0 Å². The Morgan fingerprint density at radius 3 is 0.700 bits per heavy atom. The summed E-state index contributed by atoms with van der Waals surface area (Å²) in [4.78, 5) is 0. The van der Waals surface area contributed by atoms with Crippen LogP contribution in [0.25, 0.3) is 0 Å². The molecule has 0 rings (SSSR count). The van der Waals surface area contributed by atoms with E-state index in [-0.39, 0.29) is 103 Å². The fraction of sp³-hybridized carbons (Fsp3) is 1.00. The molecule has 5 nitrogen and oxygen atoms in total. The number of hydrogen-bond donors (Lipinski definition) is 0. The van der Waals surface area contributed by atoms with Gasteiger partial charge in [-0.05, 0) is 12.8 Å². The number of hydrogen-bond acceptors (Lipinski definition) is 5. The molecule has 0 aromatic rings. The van der Waals surface area contributed by atoms with Gasteiger partial charge in [-0.25, -0.2) is 0 Å². The molecule has 0 unspecified atom stereocenters. The molecule has 0 spiro atoms. The maximum Gasteiger partial charge on any atom is 1.00 e. The third kappa shape index (κ3) is 60.3. The SMILES string of the molecule is CCCCCCCCCCCCCCCCOCCCCCCCCCCCCCCCC.O=S(=O)([O-])[O-].[K+].[K+]. The van der Waals surface area contributed by atoms with Crippen LogP contribution in [-0.4, -0.2) is 30.7 Å². The minimum absolute atomic E-state index is 0. The normalized spacial score (nSPS) is 10.9. The van der Waals surface area contributed by atoms with Crippen LogP contribution in [0, 0.1) is 0 Å². The van der Waals surface area contributed by atoms with Crippen LogP contribution in [0.15, 0.2) is 0 Å². The number of rotatable bonds is 30. The summed E-state index contributed by atoms with van der Waals surface area (Å²) in [5.74, 6) is 0. The molecule has 0 aliphatic rings. The van der Waals surface area contributed by atoms with Crippen molar-refractivity contribution in [1.29, 1.82) is 0 Å². The smallest absolute Gasteiger partial charge is 0.759 e. The predicted octanol–water partition coefficient (Wildman–Crippen LogP) is 4.64. The fourth-order valence-electron chi connectivity index (χ4n) is 4.90. The van der Waals surface area contributed by atoms with Crippen LogP contribution in [0.5, 0.6) is 0 Å². The van der Waals surface area contributed by atoms with Gasteiger partial charge in [0.2, 0.25) is 0 Å². The van der Waals surface area contributed by atoms with Gasteiger partial charge in [0.05, 0.1) is 0 Å². The van der Waals surface area contributed by atoms with Gasteiger partial charge >= 0.3 is 103 Å². The average molecular weight is 641 g/mol. The molecule has 0 N–H and O–H groups in total. The van der Waals surface area contributed by atoms with Crippen LogP contribution < -0.4 is 103 Å². The van der Waals surface area contributed by atoms with Crippen molar-refractivity contribution in [1.82, 2.24) is 0 Å². The Kier molecular flexibility index (Phi) is 55.3. The Morgan fingerprint density at radius 2 is 0.525 bits per heavy atom. The van der Waals surface area contributed by atoms with Crippen molar-refractivity contribution in [2.24, 2.45) is 0 Å². The molecule has 0 saturated carbocycles. The van der Waals surface area contributed by atoms with Gasteiger partial charge in [-0.2, -0.15) is 0 Å². The molecule has 0 radical (unpaired) electrons. The largest absolute Gasteiger partial charge is 1.00 e. The molecule has 0 amide bonds. The molecule has 0 fully saturated rings. The zero-order valence-electron chi connectivity index (χ0n) is 27.7. The molecular formula is C32H66K2O5S. The van der Waals surface area contributed by atoms with Gasteiger partial charge in [-0.15, -0.1) is 0 Å². The molecular weight excluding hydrogens is 575 g/mol. The van der Waals surface area contributed by atoms with Crippen LogP contribution in [0.4, 0.5) is 0 Å². The fourth-order valence-corrected chi connectivity index (χ4v) is 4.90. The summed E-state index contributed by atoms with van der Waals surface area (Å²) in [5.41, 5.74) is 0. The zero-order chi connectivity index (χ0) is 28.4. The third-order valence-corrected chi connectivity index (χ3v) is 7.28. The molecule has 0 bridgehead atoms. The molecule has 0 aromatic carbocycles. The summed E-state index contributed by atoms with van der Waals surface area (Å²) in [6.45, 7) is 6.59. The topological polar surface area (TPSA) is 89.5 Å². The van der Waals surface area contributed by atoms with Gasteiger partial charge in [0, 0.05) is 23.6 Å².